The molecule has 0 saturated carbocycles. The van der Waals surface area contributed by atoms with Gasteiger partial charge < -0.3 is 15.4 Å². The molecule has 6 heteroatoms. The highest BCUT2D eigenvalue weighted by atomic mass is 79.9. The maximum Gasteiger partial charge on any atom is 0.196 e. The Morgan fingerprint density at radius 1 is 1.63 bits per heavy atom. The first-order chi connectivity index (χ1) is 9.04. The van der Waals surface area contributed by atoms with Gasteiger partial charge >= 0.3 is 0 Å². The zero-order chi connectivity index (χ0) is 14.0. The standard InChI is InChI=1S/C13H17BrClN3O/c1-8(7-19-2)12-6-17-13(16)18(12)9-3-4-11(15)10(14)5-9/h3-5,8,12H,6-7H2,1-2H3,(H2,16,17). The number of nitrogens with two attached hydrogens (primary N) is 1. The van der Waals surface area contributed by atoms with Crippen molar-refractivity contribution in [1.29, 1.82) is 0 Å². The first-order valence-electron chi connectivity index (χ1n) is 6.07. The highest BCUT2D eigenvalue weighted by Crippen LogP contribution is 2.31. The molecule has 1 aliphatic rings. The van der Waals surface area contributed by atoms with Crippen LogP contribution in [0.4, 0.5) is 5.69 Å². The minimum absolute atomic E-state index is 0.216. The molecule has 2 N–H and O–H groups in total. The fraction of sp³-hybridized carbons (Fsp3) is 0.462. The van der Waals surface area contributed by atoms with E-state index in [9.17, 15) is 0 Å². The van der Waals surface area contributed by atoms with Gasteiger partial charge in [0, 0.05) is 23.2 Å². The van der Waals surface area contributed by atoms with Gasteiger partial charge in [-0.2, -0.15) is 0 Å². The summed E-state index contributed by atoms with van der Waals surface area (Å²) in [5, 5.41) is 0.681. The Labute approximate surface area is 126 Å². The van der Waals surface area contributed by atoms with Gasteiger partial charge in [-0.1, -0.05) is 18.5 Å². The average molecular weight is 347 g/mol. The minimum Gasteiger partial charge on any atom is -0.384 e. The molecule has 104 valence electrons. The van der Waals surface area contributed by atoms with Crippen LogP contribution in [0.3, 0.4) is 0 Å². The van der Waals surface area contributed by atoms with Crippen molar-refractivity contribution in [1.82, 2.24) is 0 Å². The lowest BCUT2D eigenvalue weighted by atomic mass is 10.0. The molecule has 4 nitrogen and oxygen atoms in total. The quantitative estimate of drug-likeness (QED) is 0.912. The second-order valence-corrected chi connectivity index (χ2v) is 5.93. The third-order valence-electron chi connectivity index (χ3n) is 3.29. The number of guanidine groups is 1. The van der Waals surface area contributed by atoms with Crippen LogP contribution in [-0.4, -0.2) is 32.3 Å². The number of ether oxygens (including phenoxy) is 1. The van der Waals surface area contributed by atoms with E-state index in [0.717, 1.165) is 10.2 Å². The number of methoxy groups -OCH3 is 1. The number of hydrogen-bond acceptors (Lipinski definition) is 4. The summed E-state index contributed by atoms with van der Waals surface area (Å²) in [7, 11) is 1.71. The zero-order valence-corrected chi connectivity index (χ0v) is 13.3. The molecule has 0 saturated heterocycles. The number of hydrogen-bond donors (Lipinski definition) is 1. The van der Waals surface area contributed by atoms with Gasteiger partial charge in [-0.25, -0.2) is 0 Å². The van der Waals surface area contributed by atoms with E-state index in [2.05, 4.69) is 27.8 Å². The lowest BCUT2D eigenvalue weighted by Crippen LogP contribution is -2.45. The van der Waals surface area contributed by atoms with E-state index in [1.54, 1.807) is 7.11 Å². The van der Waals surface area contributed by atoms with Gasteiger partial charge in [-0.05, 0) is 34.1 Å². The Bertz CT molecular complexity index is 495. The number of benzene rings is 1. The maximum atomic E-state index is 6.03. The van der Waals surface area contributed by atoms with E-state index in [0.29, 0.717) is 30.1 Å². The zero-order valence-electron chi connectivity index (χ0n) is 10.9. The molecular formula is C13H17BrClN3O. The molecule has 2 atom stereocenters. The molecule has 2 unspecified atom stereocenters. The van der Waals surface area contributed by atoms with Crippen molar-refractivity contribution in [3.63, 3.8) is 0 Å². The van der Waals surface area contributed by atoms with Crippen molar-refractivity contribution >= 4 is 39.2 Å². The van der Waals surface area contributed by atoms with Crippen LogP contribution in [-0.2, 0) is 4.74 Å². The number of nitrogens with zero attached hydrogens (tertiary/aromatic N) is 2. The van der Waals surface area contributed by atoms with Crippen molar-refractivity contribution < 1.29 is 4.74 Å². The fourth-order valence-electron chi connectivity index (χ4n) is 2.28. The Morgan fingerprint density at radius 2 is 2.37 bits per heavy atom. The minimum atomic E-state index is 0.216. The normalized spacial score (nSPS) is 20.5. The molecule has 1 aliphatic heterocycles. The molecule has 0 fully saturated rings. The number of anilines is 1. The lowest BCUT2D eigenvalue weighted by molar-refractivity contribution is 0.150. The van der Waals surface area contributed by atoms with Crippen LogP contribution in [0.5, 0.6) is 0 Å². The van der Waals surface area contributed by atoms with Gasteiger partial charge in [0.1, 0.15) is 0 Å². The monoisotopic (exact) mass is 345 g/mol. The van der Waals surface area contributed by atoms with Gasteiger partial charge in [-0.3, -0.25) is 4.99 Å². The highest BCUT2D eigenvalue weighted by molar-refractivity contribution is 9.10. The van der Waals surface area contributed by atoms with E-state index >= 15 is 0 Å². The summed E-state index contributed by atoms with van der Waals surface area (Å²) in [5.74, 6) is 0.881. The van der Waals surface area contributed by atoms with Crippen molar-refractivity contribution in [3.8, 4) is 0 Å². The van der Waals surface area contributed by atoms with Crippen LogP contribution >= 0.6 is 27.5 Å². The Hall–Kier alpha value is -0.780. The summed E-state index contributed by atoms with van der Waals surface area (Å²) in [6, 6.07) is 5.98. The number of aliphatic imine (C=N–C) groups is 1. The molecule has 19 heavy (non-hydrogen) atoms. The van der Waals surface area contributed by atoms with Gasteiger partial charge in [0.2, 0.25) is 0 Å². The van der Waals surface area contributed by atoms with Crippen LogP contribution in [0.25, 0.3) is 0 Å². The molecule has 2 rings (SSSR count). The molecular weight excluding hydrogens is 330 g/mol. The second kappa shape index (κ2) is 6.11. The summed E-state index contributed by atoms with van der Waals surface area (Å²) in [5.41, 5.74) is 7.00. The van der Waals surface area contributed by atoms with Crippen LogP contribution in [0, 0.1) is 5.92 Å². The molecule has 0 radical (unpaired) electrons. The Morgan fingerprint density at radius 3 is 3.00 bits per heavy atom. The highest BCUT2D eigenvalue weighted by Gasteiger charge is 2.31. The number of rotatable bonds is 4. The van der Waals surface area contributed by atoms with Crippen molar-refractivity contribution in [3.05, 3.63) is 27.7 Å². The molecule has 0 aliphatic carbocycles. The Balaban J connectivity index is 2.28. The molecule has 1 aromatic rings. The summed E-state index contributed by atoms with van der Waals surface area (Å²) in [6.07, 6.45) is 0. The molecule has 0 bridgehead atoms. The third-order valence-corrected chi connectivity index (χ3v) is 4.50. The van der Waals surface area contributed by atoms with E-state index in [-0.39, 0.29) is 6.04 Å². The summed E-state index contributed by atoms with van der Waals surface area (Å²) in [4.78, 5) is 6.39. The molecule has 1 heterocycles. The van der Waals surface area contributed by atoms with Crippen LogP contribution < -0.4 is 10.6 Å². The predicted octanol–water partition coefficient (Wildman–Crippen LogP) is 2.89. The smallest absolute Gasteiger partial charge is 0.196 e. The SMILES string of the molecule is COCC(C)C1CN=C(N)N1c1ccc(Cl)c(Br)c1. The van der Waals surface area contributed by atoms with E-state index in [4.69, 9.17) is 22.1 Å². The van der Waals surface area contributed by atoms with Gasteiger partial charge in [0.15, 0.2) is 5.96 Å². The summed E-state index contributed by atoms with van der Waals surface area (Å²) < 4.78 is 6.08. The number of halogens is 2. The average Bonchev–Trinajstić information content (AvgIpc) is 2.75. The van der Waals surface area contributed by atoms with Gasteiger partial charge in [0.25, 0.3) is 0 Å². The largest absolute Gasteiger partial charge is 0.384 e. The molecule has 0 aromatic heterocycles. The summed E-state index contributed by atoms with van der Waals surface area (Å²) >= 11 is 9.46. The predicted molar refractivity (Wildman–Crippen MR) is 82.9 cm³/mol. The lowest BCUT2D eigenvalue weighted by Gasteiger charge is -2.30. The summed E-state index contributed by atoms with van der Waals surface area (Å²) in [6.45, 7) is 3.51. The Kier molecular flexibility index (Phi) is 4.71. The third kappa shape index (κ3) is 3.04. The van der Waals surface area contributed by atoms with E-state index in [1.807, 2.05) is 23.1 Å². The maximum absolute atomic E-state index is 6.03. The van der Waals surface area contributed by atoms with E-state index in [1.165, 1.54) is 0 Å². The second-order valence-electron chi connectivity index (χ2n) is 4.67. The van der Waals surface area contributed by atoms with Crippen LogP contribution in [0.1, 0.15) is 6.92 Å². The molecule has 1 aromatic carbocycles. The van der Waals surface area contributed by atoms with Gasteiger partial charge in [0.05, 0.1) is 24.2 Å². The molecule has 0 amide bonds. The molecule has 0 spiro atoms. The van der Waals surface area contributed by atoms with Crippen molar-refractivity contribution in [2.75, 3.05) is 25.2 Å². The van der Waals surface area contributed by atoms with Gasteiger partial charge in [-0.15, -0.1) is 0 Å². The fourth-order valence-corrected chi connectivity index (χ4v) is 2.77. The van der Waals surface area contributed by atoms with E-state index < -0.39 is 0 Å². The first-order valence-corrected chi connectivity index (χ1v) is 7.24. The van der Waals surface area contributed by atoms with Crippen molar-refractivity contribution in [2.24, 2.45) is 16.6 Å². The first kappa shape index (κ1) is 14.6. The van der Waals surface area contributed by atoms with Crippen LogP contribution in [0.2, 0.25) is 5.02 Å². The van der Waals surface area contributed by atoms with Crippen LogP contribution in [0.15, 0.2) is 27.7 Å². The van der Waals surface area contributed by atoms with Crippen molar-refractivity contribution in [2.45, 2.75) is 13.0 Å². The topological polar surface area (TPSA) is 50.9 Å².